The largest absolute Gasteiger partial charge is 0.457 e. The van der Waals surface area contributed by atoms with Crippen LogP contribution in [0.25, 0.3) is 0 Å². The predicted octanol–water partition coefficient (Wildman–Crippen LogP) is 1.21. The van der Waals surface area contributed by atoms with Crippen LogP contribution >= 0.6 is 0 Å². The number of aliphatic hydroxyl groups excluding tert-OH is 1. The van der Waals surface area contributed by atoms with Crippen LogP contribution in [0.3, 0.4) is 0 Å². The number of ether oxygens (including phenoxy) is 4. The topological polar surface area (TPSA) is 137 Å². The zero-order chi connectivity index (χ0) is 28.0. The summed E-state index contributed by atoms with van der Waals surface area (Å²) in [6.45, 7) is 6.97. The number of esters is 1. The Morgan fingerprint density at radius 3 is 2.62 bits per heavy atom. The van der Waals surface area contributed by atoms with E-state index in [2.05, 4.69) is 17.5 Å². The number of hydrogen-bond donors (Lipinski definition) is 3. The SMILES string of the molecule is CC1CC(=O)C2C(CC3OC(C)(C)C4OC(=O)C5(OC5CCC5CC[NH2+]C(N)C5)C5C=CC(CC5)C4C3C2O)O1. The molecule has 1 spiro atoms. The molecule has 0 aromatic rings. The number of epoxide rings is 1. The number of Topliss-reactive ketones (excluding diaryl/α,β-unsaturated/α-hetero) is 1. The minimum absolute atomic E-state index is 0.0151. The average molecular weight is 560 g/mol. The van der Waals surface area contributed by atoms with Crippen molar-refractivity contribution in [1.29, 1.82) is 0 Å². The number of rotatable bonds is 3. The van der Waals surface area contributed by atoms with Crippen LogP contribution in [0.2, 0.25) is 0 Å². The van der Waals surface area contributed by atoms with E-state index in [1.54, 1.807) is 0 Å². The summed E-state index contributed by atoms with van der Waals surface area (Å²) in [6, 6.07) is 0. The van der Waals surface area contributed by atoms with E-state index in [0.717, 1.165) is 45.1 Å². The second-order valence-corrected chi connectivity index (χ2v) is 14.4. The first-order valence-electron chi connectivity index (χ1n) is 15.8. The van der Waals surface area contributed by atoms with Crippen LogP contribution in [0, 0.1) is 35.5 Å². The molecule has 222 valence electrons. The van der Waals surface area contributed by atoms with Gasteiger partial charge in [-0.2, -0.15) is 0 Å². The van der Waals surface area contributed by atoms with Crippen molar-refractivity contribution in [2.75, 3.05) is 6.54 Å². The minimum Gasteiger partial charge on any atom is -0.457 e. The molecule has 0 aromatic heterocycles. The lowest BCUT2D eigenvalue weighted by Gasteiger charge is -2.58. The van der Waals surface area contributed by atoms with Gasteiger partial charge in [-0.25, -0.2) is 4.79 Å². The summed E-state index contributed by atoms with van der Waals surface area (Å²) < 4.78 is 25.7. The summed E-state index contributed by atoms with van der Waals surface area (Å²) in [6.07, 6.45) is 8.88. The van der Waals surface area contributed by atoms with Gasteiger partial charge in [-0.05, 0) is 64.7 Å². The van der Waals surface area contributed by atoms with Crippen LogP contribution in [0.5, 0.6) is 0 Å². The highest BCUT2D eigenvalue weighted by molar-refractivity contribution is 5.85. The van der Waals surface area contributed by atoms with E-state index in [-0.39, 0.29) is 66.0 Å². The van der Waals surface area contributed by atoms with Crippen LogP contribution in [-0.2, 0) is 28.5 Å². The number of quaternary nitrogens is 1. The summed E-state index contributed by atoms with van der Waals surface area (Å²) in [5, 5.41) is 14.0. The van der Waals surface area contributed by atoms with Gasteiger partial charge in [0, 0.05) is 37.0 Å². The second kappa shape index (κ2) is 9.85. The minimum atomic E-state index is -0.939. The maximum Gasteiger partial charge on any atom is 0.342 e. The van der Waals surface area contributed by atoms with E-state index in [4.69, 9.17) is 24.7 Å². The Hall–Kier alpha value is -1.36. The van der Waals surface area contributed by atoms with Gasteiger partial charge in [-0.15, -0.1) is 0 Å². The van der Waals surface area contributed by atoms with Gasteiger partial charge < -0.3 is 29.4 Å². The molecule has 5 saturated heterocycles. The Morgan fingerprint density at radius 1 is 1.05 bits per heavy atom. The van der Waals surface area contributed by atoms with Gasteiger partial charge in [0.15, 0.2) is 5.60 Å². The molecule has 8 rings (SSSR count). The summed E-state index contributed by atoms with van der Waals surface area (Å²) in [5.74, 6) is -0.553. The average Bonchev–Trinajstić information content (AvgIpc) is 3.61. The predicted molar refractivity (Wildman–Crippen MR) is 144 cm³/mol. The molecule has 14 atom stereocenters. The van der Waals surface area contributed by atoms with Crippen LogP contribution < -0.4 is 11.1 Å². The standard InChI is InChI=1S/C31H46N2O7/c1-15-12-19(34)25-20(37-15)14-21-26(27(25)35)24-17-5-7-18(8-6-17)31(29(36)38-28(24)30(2,3)39-21)22(40-31)9-4-16-10-11-33-23(32)13-16/h5,7,15-18,20-28,33,35H,4,6,8-14,32H2,1-3H3/p+1. The fourth-order valence-electron chi connectivity index (χ4n) is 9.62. The summed E-state index contributed by atoms with van der Waals surface area (Å²) >= 11 is 0. The first kappa shape index (κ1) is 27.5. The Kier molecular flexibility index (Phi) is 6.76. The molecule has 2 bridgehead atoms. The lowest BCUT2D eigenvalue weighted by atomic mass is 9.58. The molecular weight excluding hydrogens is 512 g/mol. The third-order valence-corrected chi connectivity index (χ3v) is 11.5. The molecule has 14 unspecified atom stereocenters. The third kappa shape index (κ3) is 4.33. The van der Waals surface area contributed by atoms with E-state index in [9.17, 15) is 14.7 Å². The molecule has 0 aromatic carbocycles. The molecule has 9 nitrogen and oxygen atoms in total. The van der Waals surface area contributed by atoms with Crippen molar-refractivity contribution in [3.8, 4) is 0 Å². The van der Waals surface area contributed by atoms with E-state index < -0.39 is 29.3 Å². The van der Waals surface area contributed by atoms with Crippen molar-refractivity contribution in [3.05, 3.63) is 12.2 Å². The van der Waals surface area contributed by atoms with Crippen molar-refractivity contribution < 1.29 is 39.0 Å². The number of allylic oxidation sites excluding steroid dienone is 1. The van der Waals surface area contributed by atoms with Crippen molar-refractivity contribution in [1.82, 2.24) is 0 Å². The molecule has 0 radical (unpaired) electrons. The fraction of sp³-hybridized carbons (Fsp3) is 0.871. The lowest BCUT2D eigenvalue weighted by molar-refractivity contribution is -0.699. The molecule has 6 fully saturated rings. The smallest absolute Gasteiger partial charge is 0.342 e. The zero-order valence-corrected chi connectivity index (χ0v) is 24.1. The highest BCUT2D eigenvalue weighted by Crippen LogP contribution is 2.57. The van der Waals surface area contributed by atoms with E-state index in [1.165, 1.54) is 0 Å². The molecule has 9 heteroatoms. The van der Waals surface area contributed by atoms with Crippen molar-refractivity contribution in [2.45, 2.75) is 126 Å². The number of piperidine rings is 1. The maximum absolute atomic E-state index is 14.1. The first-order chi connectivity index (χ1) is 19.1. The Labute approximate surface area is 236 Å². The number of nitrogens with two attached hydrogens (primary N) is 2. The highest BCUT2D eigenvalue weighted by atomic mass is 16.7. The Morgan fingerprint density at radius 2 is 1.88 bits per heavy atom. The van der Waals surface area contributed by atoms with Gasteiger partial charge >= 0.3 is 5.97 Å². The third-order valence-electron chi connectivity index (χ3n) is 11.5. The van der Waals surface area contributed by atoms with Crippen molar-refractivity contribution in [2.24, 2.45) is 41.2 Å². The van der Waals surface area contributed by atoms with Crippen LogP contribution in [0.4, 0.5) is 0 Å². The van der Waals surface area contributed by atoms with Gasteiger partial charge in [0.2, 0.25) is 0 Å². The van der Waals surface area contributed by atoms with E-state index >= 15 is 0 Å². The monoisotopic (exact) mass is 559 g/mol. The molecule has 40 heavy (non-hydrogen) atoms. The molecule has 6 heterocycles. The molecule has 1 saturated carbocycles. The van der Waals surface area contributed by atoms with Crippen LogP contribution in [0.15, 0.2) is 12.2 Å². The summed E-state index contributed by atoms with van der Waals surface area (Å²) in [7, 11) is 0. The number of ketones is 1. The number of fused-ring (bicyclic) bond motifs is 4. The van der Waals surface area contributed by atoms with E-state index in [1.807, 2.05) is 20.8 Å². The normalized spacial score (nSPS) is 53.0. The quantitative estimate of drug-likeness (QED) is 0.267. The highest BCUT2D eigenvalue weighted by Gasteiger charge is 2.70. The number of carbonyl (C=O) groups excluding carboxylic acids is 2. The summed E-state index contributed by atoms with van der Waals surface area (Å²) in [4.78, 5) is 27.2. The molecule has 5 N–H and O–H groups in total. The first-order valence-corrected chi connectivity index (χ1v) is 15.8. The summed E-state index contributed by atoms with van der Waals surface area (Å²) in [5.41, 5.74) is 4.48. The maximum atomic E-state index is 14.1. The molecule has 6 aliphatic heterocycles. The molecular formula is C31H47N2O7+. The number of carbonyl (C=O) groups is 2. The van der Waals surface area contributed by atoms with Gasteiger partial charge in [0.05, 0.1) is 43.0 Å². The van der Waals surface area contributed by atoms with E-state index in [0.29, 0.717) is 18.8 Å². The molecule has 0 amide bonds. The molecule has 8 aliphatic rings. The lowest BCUT2D eigenvalue weighted by Crippen LogP contribution is -2.94. The van der Waals surface area contributed by atoms with Crippen molar-refractivity contribution in [3.63, 3.8) is 0 Å². The van der Waals surface area contributed by atoms with Gasteiger partial charge in [-0.3, -0.25) is 10.5 Å². The molecule has 2 aliphatic carbocycles. The second-order valence-electron chi connectivity index (χ2n) is 14.4. The number of hydrogen-bond acceptors (Lipinski definition) is 8. The van der Waals surface area contributed by atoms with Gasteiger partial charge in [0.1, 0.15) is 23.7 Å². The van der Waals surface area contributed by atoms with Gasteiger partial charge in [0.25, 0.3) is 0 Å². The fourth-order valence-corrected chi connectivity index (χ4v) is 9.62. The Balaban J connectivity index is 1.15. The van der Waals surface area contributed by atoms with Crippen molar-refractivity contribution >= 4 is 11.8 Å². The number of aliphatic hydroxyl groups is 1. The zero-order valence-electron chi connectivity index (χ0n) is 24.1. The van der Waals surface area contributed by atoms with Crippen LogP contribution in [-0.4, -0.2) is 77.4 Å². The Bertz CT molecular complexity index is 1060. The van der Waals surface area contributed by atoms with Gasteiger partial charge in [-0.1, -0.05) is 12.2 Å². The van der Waals surface area contributed by atoms with Crippen LogP contribution in [0.1, 0.15) is 72.1 Å².